The van der Waals surface area contributed by atoms with Crippen LogP contribution in [0.15, 0.2) is 54.6 Å². The van der Waals surface area contributed by atoms with Crippen LogP contribution in [0, 0.1) is 5.92 Å². The van der Waals surface area contributed by atoms with Crippen molar-refractivity contribution in [2.24, 2.45) is 5.92 Å². The molecule has 0 unspecified atom stereocenters. The van der Waals surface area contributed by atoms with Gasteiger partial charge in [-0.05, 0) is 37.5 Å². The Labute approximate surface area is 178 Å². The lowest BCUT2D eigenvalue weighted by molar-refractivity contribution is -0.140. The van der Waals surface area contributed by atoms with Gasteiger partial charge >= 0.3 is 6.18 Å². The van der Waals surface area contributed by atoms with E-state index in [4.69, 9.17) is 0 Å². The van der Waals surface area contributed by atoms with Crippen molar-refractivity contribution in [3.8, 4) is 0 Å². The fraction of sp³-hybridized carbons (Fsp3) is 0.348. The first-order valence-corrected chi connectivity index (χ1v) is 10.3. The normalized spacial score (nSPS) is 16.3. The molecule has 31 heavy (non-hydrogen) atoms. The number of anilines is 1. The minimum absolute atomic E-state index is 0.0726. The number of hydrogen-bond acceptors (Lipinski definition) is 4. The van der Waals surface area contributed by atoms with E-state index in [0.717, 1.165) is 5.56 Å². The van der Waals surface area contributed by atoms with Crippen LogP contribution in [-0.2, 0) is 11.0 Å². The molecule has 1 aromatic heterocycles. The van der Waals surface area contributed by atoms with Crippen LogP contribution in [0.5, 0.6) is 0 Å². The van der Waals surface area contributed by atoms with Crippen molar-refractivity contribution < 1.29 is 18.0 Å². The van der Waals surface area contributed by atoms with Crippen LogP contribution in [0.25, 0.3) is 11.0 Å². The zero-order valence-electron chi connectivity index (χ0n) is 17.1. The van der Waals surface area contributed by atoms with Gasteiger partial charge in [-0.3, -0.25) is 4.79 Å². The molecule has 0 bridgehead atoms. The molecule has 1 aliphatic rings. The highest BCUT2D eigenvalue weighted by molar-refractivity contribution is 5.80. The summed E-state index contributed by atoms with van der Waals surface area (Å²) < 4.78 is 40.9. The second-order valence-electron chi connectivity index (χ2n) is 7.78. The Hall–Kier alpha value is -3.16. The van der Waals surface area contributed by atoms with Gasteiger partial charge in [-0.2, -0.15) is 13.2 Å². The predicted octanol–water partition coefficient (Wildman–Crippen LogP) is 4.74. The minimum atomic E-state index is -4.61. The smallest absolute Gasteiger partial charge is 0.355 e. The van der Waals surface area contributed by atoms with Gasteiger partial charge in [0.1, 0.15) is 0 Å². The van der Waals surface area contributed by atoms with Gasteiger partial charge in [0, 0.05) is 19.0 Å². The number of nitrogens with zero attached hydrogens (tertiary/aromatic N) is 3. The molecule has 0 radical (unpaired) electrons. The van der Waals surface area contributed by atoms with E-state index < -0.39 is 11.9 Å². The number of hydrogen-bond donors (Lipinski definition) is 1. The molecule has 4 rings (SSSR count). The van der Waals surface area contributed by atoms with Crippen LogP contribution in [0.1, 0.15) is 37.1 Å². The van der Waals surface area contributed by atoms with Crippen LogP contribution in [0.2, 0.25) is 0 Å². The molecule has 1 aliphatic heterocycles. The van der Waals surface area contributed by atoms with Gasteiger partial charge in [-0.1, -0.05) is 42.5 Å². The molecular weight excluding hydrogens is 405 g/mol. The van der Waals surface area contributed by atoms with Crippen molar-refractivity contribution in [2.75, 3.05) is 18.0 Å². The van der Waals surface area contributed by atoms with Crippen molar-refractivity contribution >= 4 is 22.8 Å². The van der Waals surface area contributed by atoms with Crippen LogP contribution < -0.4 is 10.2 Å². The third kappa shape index (κ3) is 4.62. The number of aromatic nitrogens is 2. The number of rotatable bonds is 4. The average Bonchev–Trinajstić information content (AvgIpc) is 2.78. The molecular formula is C23H23F3N4O. The lowest BCUT2D eigenvalue weighted by Gasteiger charge is -2.33. The molecule has 1 atom stereocenters. The van der Waals surface area contributed by atoms with E-state index in [2.05, 4.69) is 15.3 Å². The number of carbonyl (C=O) groups is 1. The molecule has 0 saturated carbocycles. The van der Waals surface area contributed by atoms with E-state index in [1.165, 1.54) is 6.07 Å². The van der Waals surface area contributed by atoms with Gasteiger partial charge in [-0.25, -0.2) is 9.97 Å². The summed E-state index contributed by atoms with van der Waals surface area (Å²) in [5.74, 6) is -0.482. The maximum absolute atomic E-state index is 13.6. The second kappa shape index (κ2) is 8.53. The molecule has 8 heteroatoms. The Kier molecular flexibility index (Phi) is 5.80. The molecule has 162 valence electrons. The molecule has 2 heterocycles. The number of nitrogens with one attached hydrogen (secondary N) is 1. The summed E-state index contributed by atoms with van der Waals surface area (Å²) in [5, 5.41) is 3.01. The van der Waals surface area contributed by atoms with E-state index in [1.54, 1.807) is 23.1 Å². The summed E-state index contributed by atoms with van der Waals surface area (Å²) in [6, 6.07) is 16.0. The summed E-state index contributed by atoms with van der Waals surface area (Å²) in [5.41, 5.74) is 0.658. The predicted molar refractivity (Wildman–Crippen MR) is 112 cm³/mol. The molecule has 0 spiro atoms. The number of halogens is 3. The summed E-state index contributed by atoms with van der Waals surface area (Å²) in [7, 11) is 0. The molecule has 0 aliphatic carbocycles. The Balaban J connectivity index is 1.47. The number of fused-ring (bicyclic) bond motifs is 1. The third-order valence-corrected chi connectivity index (χ3v) is 5.64. The Bertz CT molecular complexity index is 1060. The van der Waals surface area contributed by atoms with E-state index in [-0.39, 0.29) is 29.2 Å². The number of carbonyl (C=O) groups excluding carboxylic acids is 1. The molecule has 3 aromatic rings. The standard InChI is InChI=1S/C23H23F3N4O/c1-15(16-7-3-2-4-8-16)27-22(31)17-11-13-30(14-12-17)21-20(23(24,25)26)28-18-9-5-6-10-19(18)29-21/h2-10,15,17H,11-14H2,1H3,(H,27,31)/t15-/m1/s1. The van der Waals surface area contributed by atoms with Crippen molar-refractivity contribution in [3.63, 3.8) is 0 Å². The van der Waals surface area contributed by atoms with Gasteiger partial charge in [-0.15, -0.1) is 0 Å². The fourth-order valence-electron chi connectivity index (χ4n) is 3.91. The third-order valence-electron chi connectivity index (χ3n) is 5.64. The SMILES string of the molecule is C[C@@H](NC(=O)C1CCN(c2nc3ccccc3nc2C(F)(F)F)CC1)c1ccccc1. The zero-order valence-corrected chi connectivity index (χ0v) is 17.1. The maximum atomic E-state index is 13.6. The maximum Gasteiger partial charge on any atom is 0.437 e. The summed E-state index contributed by atoms with van der Waals surface area (Å²) >= 11 is 0. The number of amides is 1. The van der Waals surface area contributed by atoms with Crippen molar-refractivity contribution in [2.45, 2.75) is 32.0 Å². The lowest BCUT2D eigenvalue weighted by atomic mass is 9.95. The fourth-order valence-corrected chi connectivity index (χ4v) is 3.91. The summed E-state index contributed by atoms with van der Waals surface area (Å²) in [6.07, 6.45) is -3.69. The number of benzene rings is 2. The van der Waals surface area contributed by atoms with E-state index >= 15 is 0 Å². The van der Waals surface area contributed by atoms with Crippen molar-refractivity contribution in [3.05, 3.63) is 65.9 Å². The quantitative estimate of drug-likeness (QED) is 0.652. The first kappa shape index (κ1) is 21.1. The average molecular weight is 428 g/mol. The molecule has 2 aromatic carbocycles. The highest BCUT2D eigenvalue weighted by Gasteiger charge is 2.39. The monoisotopic (exact) mass is 428 g/mol. The van der Waals surface area contributed by atoms with Crippen LogP contribution in [-0.4, -0.2) is 29.0 Å². The van der Waals surface area contributed by atoms with Gasteiger partial charge in [0.2, 0.25) is 5.91 Å². The van der Waals surface area contributed by atoms with E-state index in [1.807, 2.05) is 37.3 Å². The largest absolute Gasteiger partial charge is 0.437 e. The van der Waals surface area contributed by atoms with Crippen LogP contribution in [0.3, 0.4) is 0 Å². The summed E-state index contributed by atoms with van der Waals surface area (Å²) in [4.78, 5) is 22.4. The number of para-hydroxylation sites is 2. The summed E-state index contributed by atoms with van der Waals surface area (Å²) in [6.45, 7) is 2.55. The molecule has 1 amide bonds. The molecule has 1 N–H and O–H groups in total. The number of piperidine rings is 1. The van der Waals surface area contributed by atoms with Gasteiger partial charge in [0.25, 0.3) is 0 Å². The van der Waals surface area contributed by atoms with Crippen molar-refractivity contribution in [1.82, 2.24) is 15.3 Å². The first-order valence-electron chi connectivity index (χ1n) is 10.3. The first-order chi connectivity index (χ1) is 14.8. The van der Waals surface area contributed by atoms with Crippen LogP contribution in [0.4, 0.5) is 19.0 Å². The Morgan fingerprint density at radius 3 is 2.19 bits per heavy atom. The van der Waals surface area contributed by atoms with E-state index in [9.17, 15) is 18.0 Å². The molecule has 5 nitrogen and oxygen atoms in total. The lowest BCUT2D eigenvalue weighted by Crippen LogP contribution is -2.42. The van der Waals surface area contributed by atoms with E-state index in [0.29, 0.717) is 31.4 Å². The highest BCUT2D eigenvalue weighted by atomic mass is 19.4. The highest BCUT2D eigenvalue weighted by Crippen LogP contribution is 2.36. The second-order valence-corrected chi connectivity index (χ2v) is 7.78. The van der Waals surface area contributed by atoms with Gasteiger partial charge < -0.3 is 10.2 Å². The van der Waals surface area contributed by atoms with Gasteiger partial charge in [0.05, 0.1) is 17.1 Å². The van der Waals surface area contributed by atoms with Gasteiger partial charge in [0.15, 0.2) is 11.5 Å². The Morgan fingerprint density at radius 2 is 1.58 bits per heavy atom. The van der Waals surface area contributed by atoms with Crippen molar-refractivity contribution in [1.29, 1.82) is 0 Å². The Morgan fingerprint density at radius 1 is 1.00 bits per heavy atom. The topological polar surface area (TPSA) is 58.1 Å². The minimum Gasteiger partial charge on any atom is -0.355 e. The zero-order chi connectivity index (χ0) is 22.0. The van der Waals surface area contributed by atoms with Crippen LogP contribution >= 0.6 is 0 Å². The number of alkyl halides is 3. The molecule has 1 saturated heterocycles. The molecule has 1 fully saturated rings.